The van der Waals surface area contributed by atoms with Crippen molar-refractivity contribution in [3.63, 3.8) is 0 Å². The summed E-state index contributed by atoms with van der Waals surface area (Å²) in [5.74, 6) is -0.308. The molecule has 0 atom stereocenters. The molecular weight excluding hydrogens is 213 g/mol. The van der Waals surface area contributed by atoms with E-state index in [4.69, 9.17) is 11.6 Å². The average molecular weight is 222 g/mol. The molecule has 1 nitrogen and oxygen atoms in total. The second kappa shape index (κ2) is 3.99. The normalized spacial score (nSPS) is 10.3. The van der Waals surface area contributed by atoms with E-state index >= 15 is 0 Å². The lowest BCUT2D eigenvalue weighted by molar-refractivity contribution is 0.630. The van der Waals surface area contributed by atoms with Gasteiger partial charge in [0.25, 0.3) is 0 Å². The zero-order valence-electron chi connectivity index (χ0n) is 8.17. The molecule has 0 aliphatic carbocycles. The summed E-state index contributed by atoms with van der Waals surface area (Å²) < 4.78 is 13.5. The summed E-state index contributed by atoms with van der Waals surface area (Å²) >= 11 is 5.97. The number of nitrogens with zero attached hydrogens (tertiary/aromatic N) is 1. The monoisotopic (exact) mass is 221 g/mol. The molecular formula is C12H9ClFN. The van der Waals surface area contributed by atoms with E-state index in [0.717, 1.165) is 5.69 Å². The van der Waals surface area contributed by atoms with Gasteiger partial charge in [0, 0.05) is 11.3 Å². The molecule has 0 aliphatic rings. The lowest BCUT2D eigenvalue weighted by atomic mass is 10.1. The Labute approximate surface area is 92.5 Å². The Kier molecular flexibility index (Phi) is 2.69. The predicted octanol–water partition coefficient (Wildman–Crippen LogP) is 3.85. The highest BCUT2D eigenvalue weighted by Crippen LogP contribution is 2.27. The molecule has 0 saturated heterocycles. The van der Waals surface area contributed by atoms with Crippen molar-refractivity contribution in [3.05, 3.63) is 52.9 Å². The van der Waals surface area contributed by atoms with E-state index in [1.165, 1.54) is 6.07 Å². The van der Waals surface area contributed by atoms with Crippen LogP contribution in [0.2, 0.25) is 5.02 Å². The van der Waals surface area contributed by atoms with Gasteiger partial charge in [-0.2, -0.15) is 0 Å². The van der Waals surface area contributed by atoms with Crippen molar-refractivity contribution in [2.45, 2.75) is 6.92 Å². The number of rotatable bonds is 1. The maximum absolute atomic E-state index is 13.5. The highest BCUT2D eigenvalue weighted by Gasteiger charge is 2.09. The molecule has 15 heavy (non-hydrogen) atoms. The van der Waals surface area contributed by atoms with Crippen LogP contribution in [0.5, 0.6) is 0 Å². The molecule has 0 spiro atoms. The number of hydrogen-bond donors (Lipinski definition) is 0. The van der Waals surface area contributed by atoms with Crippen LogP contribution in [-0.4, -0.2) is 4.98 Å². The Morgan fingerprint density at radius 2 is 1.87 bits per heavy atom. The van der Waals surface area contributed by atoms with E-state index in [1.807, 2.05) is 6.92 Å². The predicted molar refractivity (Wildman–Crippen MR) is 59.4 cm³/mol. The first-order valence-corrected chi connectivity index (χ1v) is 4.94. The third kappa shape index (κ3) is 2.00. The molecule has 3 heteroatoms. The Morgan fingerprint density at radius 3 is 2.60 bits per heavy atom. The molecule has 1 aromatic heterocycles. The summed E-state index contributed by atoms with van der Waals surface area (Å²) in [6.07, 6.45) is 0. The molecule has 1 heterocycles. The minimum Gasteiger partial charge on any atom is -0.251 e. The minimum absolute atomic E-state index is 0.308. The molecule has 0 bridgehead atoms. The number of benzene rings is 1. The van der Waals surface area contributed by atoms with Crippen LogP contribution in [0.25, 0.3) is 11.3 Å². The van der Waals surface area contributed by atoms with E-state index in [9.17, 15) is 4.39 Å². The smallest absolute Gasteiger partial charge is 0.132 e. The molecule has 2 aromatic rings. The quantitative estimate of drug-likeness (QED) is 0.713. The first kappa shape index (κ1) is 10.1. The second-order valence-electron chi connectivity index (χ2n) is 3.26. The van der Waals surface area contributed by atoms with E-state index < -0.39 is 0 Å². The average Bonchev–Trinajstić information content (AvgIpc) is 2.23. The van der Waals surface area contributed by atoms with E-state index in [0.29, 0.717) is 16.3 Å². The summed E-state index contributed by atoms with van der Waals surface area (Å²) in [4.78, 5) is 4.23. The van der Waals surface area contributed by atoms with Gasteiger partial charge in [-0.3, -0.25) is 4.98 Å². The fourth-order valence-corrected chi connectivity index (χ4v) is 1.59. The number of hydrogen-bond acceptors (Lipinski definition) is 1. The van der Waals surface area contributed by atoms with Gasteiger partial charge in [0.1, 0.15) is 5.82 Å². The summed E-state index contributed by atoms with van der Waals surface area (Å²) in [6.45, 7) is 1.85. The van der Waals surface area contributed by atoms with E-state index in [-0.39, 0.29) is 5.82 Å². The number of halogens is 2. The third-order valence-electron chi connectivity index (χ3n) is 2.11. The summed E-state index contributed by atoms with van der Waals surface area (Å²) in [5.41, 5.74) is 1.75. The van der Waals surface area contributed by atoms with Crippen molar-refractivity contribution in [2.24, 2.45) is 0 Å². The van der Waals surface area contributed by atoms with Crippen LogP contribution >= 0.6 is 11.6 Å². The first-order chi connectivity index (χ1) is 7.18. The van der Waals surface area contributed by atoms with Crippen LogP contribution < -0.4 is 0 Å². The van der Waals surface area contributed by atoms with Crippen molar-refractivity contribution >= 4 is 11.6 Å². The second-order valence-corrected chi connectivity index (χ2v) is 3.67. The molecule has 0 unspecified atom stereocenters. The van der Waals surface area contributed by atoms with Gasteiger partial charge in [-0.05, 0) is 31.2 Å². The number of aromatic nitrogens is 1. The highest BCUT2D eigenvalue weighted by molar-refractivity contribution is 6.33. The SMILES string of the molecule is Cc1ccc(Cl)c(-c2ccccc2F)n1. The standard InChI is InChI=1S/C12H9ClFN/c1-8-6-7-10(13)12(15-8)9-4-2-3-5-11(9)14/h2-7H,1H3. The van der Waals surface area contributed by atoms with Gasteiger partial charge >= 0.3 is 0 Å². The third-order valence-corrected chi connectivity index (χ3v) is 2.42. The van der Waals surface area contributed by atoms with Crippen LogP contribution in [-0.2, 0) is 0 Å². The molecule has 1 aromatic carbocycles. The van der Waals surface area contributed by atoms with Crippen LogP contribution in [0.15, 0.2) is 36.4 Å². The number of pyridine rings is 1. The molecule has 0 fully saturated rings. The zero-order valence-corrected chi connectivity index (χ0v) is 8.92. The molecule has 0 saturated carbocycles. The van der Waals surface area contributed by atoms with Crippen molar-refractivity contribution < 1.29 is 4.39 Å². The molecule has 0 N–H and O–H groups in total. The number of aryl methyl sites for hydroxylation is 1. The van der Waals surface area contributed by atoms with E-state index in [1.54, 1.807) is 30.3 Å². The summed E-state index contributed by atoms with van der Waals surface area (Å²) in [6, 6.07) is 10.00. The summed E-state index contributed by atoms with van der Waals surface area (Å²) in [5, 5.41) is 0.464. The Bertz CT molecular complexity index is 497. The van der Waals surface area contributed by atoms with Gasteiger partial charge in [-0.25, -0.2) is 4.39 Å². The van der Waals surface area contributed by atoms with Crippen LogP contribution in [0.3, 0.4) is 0 Å². The van der Waals surface area contributed by atoms with Gasteiger partial charge in [0.05, 0.1) is 10.7 Å². The van der Waals surface area contributed by atoms with Gasteiger partial charge in [-0.15, -0.1) is 0 Å². The van der Waals surface area contributed by atoms with Crippen LogP contribution in [0.4, 0.5) is 4.39 Å². The first-order valence-electron chi connectivity index (χ1n) is 4.56. The lowest BCUT2D eigenvalue weighted by Crippen LogP contribution is -1.90. The lowest BCUT2D eigenvalue weighted by Gasteiger charge is -2.05. The largest absolute Gasteiger partial charge is 0.251 e. The fraction of sp³-hybridized carbons (Fsp3) is 0.0833. The molecule has 2 rings (SSSR count). The molecule has 76 valence electrons. The van der Waals surface area contributed by atoms with Crippen molar-refractivity contribution in [3.8, 4) is 11.3 Å². The Hall–Kier alpha value is -1.41. The Morgan fingerprint density at radius 1 is 1.13 bits per heavy atom. The van der Waals surface area contributed by atoms with Crippen molar-refractivity contribution in [1.29, 1.82) is 0 Å². The summed E-state index contributed by atoms with van der Waals surface area (Å²) in [7, 11) is 0. The molecule has 0 aliphatic heterocycles. The van der Waals surface area contributed by atoms with Gasteiger partial charge in [-0.1, -0.05) is 23.7 Å². The maximum Gasteiger partial charge on any atom is 0.132 e. The van der Waals surface area contributed by atoms with Crippen molar-refractivity contribution in [2.75, 3.05) is 0 Å². The topological polar surface area (TPSA) is 12.9 Å². The van der Waals surface area contributed by atoms with E-state index in [2.05, 4.69) is 4.98 Å². The van der Waals surface area contributed by atoms with Crippen molar-refractivity contribution in [1.82, 2.24) is 4.98 Å². The minimum atomic E-state index is -0.308. The zero-order chi connectivity index (χ0) is 10.8. The Balaban J connectivity index is 2.64. The molecule has 0 radical (unpaired) electrons. The fourth-order valence-electron chi connectivity index (χ4n) is 1.38. The van der Waals surface area contributed by atoms with Gasteiger partial charge in [0.15, 0.2) is 0 Å². The van der Waals surface area contributed by atoms with Crippen LogP contribution in [0, 0.1) is 12.7 Å². The van der Waals surface area contributed by atoms with Gasteiger partial charge in [0.2, 0.25) is 0 Å². The van der Waals surface area contributed by atoms with Gasteiger partial charge < -0.3 is 0 Å². The van der Waals surface area contributed by atoms with Crippen LogP contribution in [0.1, 0.15) is 5.69 Å². The maximum atomic E-state index is 13.5. The molecule has 0 amide bonds. The highest BCUT2D eigenvalue weighted by atomic mass is 35.5.